The van der Waals surface area contributed by atoms with Crippen LogP contribution < -0.4 is 0 Å². The van der Waals surface area contributed by atoms with Gasteiger partial charge in [-0.2, -0.15) is 10.5 Å². The van der Waals surface area contributed by atoms with E-state index in [1.807, 2.05) is 12.1 Å². The molecule has 0 bridgehead atoms. The summed E-state index contributed by atoms with van der Waals surface area (Å²) in [5.74, 6) is 0. The van der Waals surface area contributed by atoms with Crippen LogP contribution in [0.2, 0.25) is 0 Å². The summed E-state index contributed by atoms with van der Waals surface area (Å²) in [5, 5.41) is 40.5. The van der Waals surface area contributed by atoms with Gasteiger partial charge in [0.25, 0.3) is 0 Å². The Balaban J connectivity index is 0.000000138. The second-order valence-electron chi connectivity index (χ2n) is 40.1. The minimum Gasteiger partial charge on any atom is -0.192 e. The van der Waals surface area contributed by atoms with E-state index in [0.717, 1.165) is 44.5 Å². The molecule has 2 heteroatoms. The minimum absolute atomic E-state index is 0.633. The van der Waals surface area contributed by atoms with Crippen molar-refractivity contribution in [2.45, 2.75) is 0 Å². The number of hydrogen-bond donors (Lipinski definition) is 0. The minimum atomic E-state index is 0.633. The first kappa shape index (κ1) is 85.6. The third-order valence-electron chi connectivity index (χ3n) is 32.3. The summed E-state index contributed by atoms with van der Waals surface area (Å²) in [6.07, 6.45) is 0. The van der Waals surface area contributed by atoms with E-state index < -0.39 is 0 Å². The standard InChI is InChI=1S/C77H45N.C71H41N/c78-46-47-35-37-48(38-36-47)53-43-54(56-39-41-66-72-58(56)31-17-33-64(72)74-68(49-19-5-1-6-20-49)60-27-13-15-29-62(60)70(76(66)74)51-23-9-3-10-24-51)45-55(44-53)57-40-42-67-73-59(57)32-18-34-65(73)75-69(50-21-7-2-8-22-50)61-28-14-16-30-63(61)71(77(67)75)52-25-11-4-12-26-52;72-42-43-39-48(50-35-37-60-66-52(50)31-17-33-58(66)68-62(44-19-5-1-6-20-44)54-27-13-15-29-56(54)64(70(60)68)46-23-9-3-10-24-46)41-49(40-43)51-36-38-61-67-53(51)32-18-34-59(67)69-63(45-21-7-2-8-22-45)55-28-14-16-30-57(55)65(71(61)69)47-25-11-4-12-26-47/h1-45H;1-41H. The number of benzene rings is 27. The molecule has 0 N–H and O–H groups in total. The van der Waals surface area contributed by atoms with Gasteiger partial charge in [-0.1, -0.05) is 473 Å². The summed E-state index contributed by atoms with van der Waals surface area (Å²) in [5.41, 5.74) is 52.3. The van der Waals surface area contributed by atoms with Crippen molar-refractivity contribution in [3.63, 3.8) is 0 Å². The van der Waals surface area contributed by atoms with Gasteiger partial charge in [-0.25, -0.2) is 0 Å². The van der Waals surface area contributed by atoms with Crippen LogP contribution in [0.5, 0.6) is 0 Å². The highest BCUT2D eigenvalue weighted by Crippen LogP contribution is 2.66. The topological polar surface area (TPSA) is 47.6 Å². The molecule has 0 radical (unpaired) electrons. The van der Waals surface area contributed by atoms with E-state index in [-0.39, 0.29) is 0 Å². The van der Waals surface area contributed by atoms with Gasteiger partial charge < -0.3 is 0 Å². The molecular weight excluding hydrogens is 1810 g/mol. The predicted octanol–water partition coefficient (Wildman–Crippen LogP) is 40.6. The lowest BCUT2D eigenvalue weighted by molar-refractivity contribution is 1.48. The molecule has 0 atom stereocenters. The Kier molecular flexibility index (Phi) is 19.6. The first-order valence-corrected chi connectivity index (χ1v) is 51.7. The zero-order chi connectivity index (χ0) is 98.9. The van der Waals surface area contributed by atoms with E-state index in [4.69, 9.17) is 0 Å². The third kappa shape index (κ3) is 13.0. The summed E-state index contributed by atoms with van der Waals surface area (Å²) in [4.78, 5) is 0. The van der Waals surface area contributed by atoms with Gasteiger partial charge in [-0.15, -0.1) is 0 Å². The van der Waals surface area contributed by atoms with Crippen LogP contribution >= 0.6 is 0 Å². The smallest absolute Gasteiger partial charge is 0.0992 e. The fraction of sp³-hybridized carbons (Fsp3) is 0. The fourth-order valence-corrected chi connectivity index (χ4v) is 26.3. The molecule has 0 fully saturated rings. The molecule has 0 spiro atoms. The van der Waals surface area contributed by atoms with Crippen LogP contribution in [-0.2, 0) is 0 Å². The highest BCUT2D eigenvalue weighted by Gasteiger charge is 2.38. The first-order valence-electron chi connectivity index (χ1n) is 51.7. The Morgan fingerprint density at radius 1 is 0.100 bits per heavy atom. The van der Waals surface area contributed by atoms with Gasteiger partial charge >= 0.3 is 0 Å². The molecule has 0 heterocycles. The lowest BCUT2D eigenvalue weighted by Crippen LogP contribution is -1.93. The summed E-state index contributed by atoms with van der Waals surface area (Å²) in [6.45, 7) is 0. The van der Waals surface area contributed by atoms with Crippen molar-refractivity contribution in [2.75, 3.05) is 0 Å². The second-order valence-corrected chi connectivity index (χ2v) is 40.1. The molecule has 4 aliphatic rings. The van der Waals surface area contributed by atoms with Gasteiger partial charge in [0, 0.05) is 0 Å². The Labute approximate surface area is 868 Å². The van der Waals surface area contributed by atoms with Gasteiger partial charge in [0.2, 0.25) is 0 Å². The second kappa shape index (κ2) is 34.4. The van der Waals surface area contributed by atoms with E-state index in [1.54, 1.807) is 0 Å². The molecule has 27 aromatic rings. The van der Waals surface area contributed by atoms with Crippen LogP contribution in [0.15, 0.2) is 522 Å². The van der Waals surface area contributed by atoms with Gasteiger partial charge in [0.05, 0.1) is 23.3 Å². The Hall–Kier alpha value is -20.0. The van der Waals surface area contributed by atoms with E-state index >= 15 is 0 Å². The maximum Gasteiger partial charge on any atom is 0.0992 e. The van der Waals surface area contributed by atoms with Crippen molar-refractivity contribution >= 4 is 86.2 Å². The predicted molar refractivity (Wildman–Crippen MR) is 631 cm³/mol. The van der Waals surface area contributed by atoms with Crippen LogP contribution in [0.3, 0.4) is 0 Å². The lowest BCUT2D eigenvalue weighted by Gasteiger charge is -2.20. The van der Waals surface area contributed by atoms with Crippen molar-refractivity contribution < 1.29 is 0 Å². The van der Waals surface area contributed by atoms with Gasteiger partial charge in [-0.3, -0.25) is 0 Å². The average Bonchev–Trinajstić information content (AvgIpc) is 1.55. The summed E-state index contributed by atoms with van der Waals surface area (Å²) < 4.78 is 0. The molecular formula is C148H86N2. The molecule has 4 aliphatic carbocycles. The number of rotatable bonds is 13. The molecule has 0 unspecified atom stereocenters. The molecule has 0 saturated carbocycles. The number of nitriles is 2. The zero-order valence-electron chi connectivity index (χ0n) is 81.5. The molecule has 0 aromatic heterocycles. The van der Waals surface area contributed by atoms with Crippen LogP contribution in [0.1, 0.15) is 11.1 Å². The van der Waals surface area contributed by atoms with E-state index in [0.29, 0.717) is 11.1 Å². The maximum atomic E-state index is 10.8. The van der Waals surface area contributed by atoms with Crippen LogP contribution in [-0.4, -0.2) is 0 Å². The quantitative estimate of drug-likeness (QED) is 0.115. The third-order valence-corrected chi connectivity index (χ3v) is 32.3. The molecule has 2 nitrogen and oxygen atoms in total. The lowest BCUT2D eigenvalue weighted by atomic mass is 9.82. The van der Waals surface area contributed by atoms with Crippen LogP contribution in [0, 0.1) is 22.7 Å². The SMILES string of the molecule is N#Cc1cc(-c2ccc3c4c(cccc24)-c2c-3c(-c3ccccc3)c3ccccc3c2-c2ccccc2)cc(-c2ccc3c4c(cccc24)-c2c-3c(-c3ccccc3)c3ccccc3c2-c2ccccc2)c1.N#Cc1ccc(-c2cc(-c3ccc4c5c(cccc35)-c3c-4c(-c4ccccc4)c4ccccc4c3-c3ccccc3)cc(-c3ccc4c5c(cccc35)-c3c-4c(-c4ccccc4)c4ccccc4c3-c3ccccc3)c2)cc1. The highest BCUT2D eigenvalue weighted by atomic mass is 14.4. The zero-order valence-corrected chi connectivity index (χ0v) is 81.5. The van der Waals surface area contributed by atoms with E-state index in [2.05, 4.69) is 522 Å². The summed E-state index contributed by atoms with van der Waals surface area (Å²) in [7, 11) is 0. The van der Waals surface area contributed by atoms with Gasteiger partial charge in [0.15, 0.2) is 0 Å². The largest absolute Gasteiger partial charge is 0.192 e. The Bertz CT molecular complexity index is 9600. The van der Waals surface area contributed by atoms with Crippen molar-refractivity contribution in [2.24, 2.45) is 0 Å². The molecule has 0 aliphatic heterocycles. The number of nitrogens with zero attached hydrogens (tertiary/aromatic N) is 2. The molecule has 27 aromatic carbocycles. The number of fused-ring (bicyclic) bond motifs is 16. The van der Waals surface area contributed by atoms with Crippen molar-refractivity contribution in [1.29, 1.82) is 10.5 Å². The molecule has 0 amide bonds. The molecule has 31 rings (SSSR count). The van der Waals surface area contributed by atoms with Crippen molar-refractivity contribution in [3.8, 4) is 246 Å². The van der Waals surface area contributed by atoms with Crippen LogP contribution in [0.25, 0.3) is 320 Å². The van der Waals surface area contributed by atoms with Crippen molar-refractivity contribution in [3.05, 3.63) is 533 Å². The average molecular weight is 1890 g/mol. The summed E-state index contributed by atoms with van der Waals surface area (Å²) >= 11 is 0. The Morgan fingerprint density at radius 3 is 0.467 bits per heavy atom. The monoisotopic (exact) mass is 1890 g/mol. The maximum absolute atomic E-state index is 10.8. The summed E-state index contributed by atoms with van der Waals surface area (Å²) in [6, 6.07) is 196. The van der Waals surface area contributed by atoms with Crippen LogP contribution in [0.4, 0.5) is 0 Å². The highest BCUT2D eigenvalue weighted by molar-refractivity contribution is 6.35. The van der Waals surface area contributed by atoms with Gasteiger partial charge in [0.1, 0.15) is 0 Å². The fourth-order valence-electron chi connectivity index (χ4n) is 26.3. The first-order chi connectivity index (χ1) is 74.4. The normalized spacial score (nSPS) is 11.9. The van der Waals surface area contributed by atoms with E-state index in [9.17, 15) is 10.5 Å². The van der Waals surface area contributed by atoms with E-state index in [1.165, 1.54) is 275 Å². The number of hydrogen-bond acceptors (Lipinski definition) is 2. The van der Waals surface area contributed by atoms with Gasteiger partial charge in [-0.05, 0) is 368 Å². The molecule has 150 heavy (non-hydrogen) atoms. The molecule has 688 valence electrons. The van der Waals surface area contributed by atoms with Crippen molar-refractivity contribution in [1.82, 2.24) is 0 Å². The molecule has 0 saturated heterocycles. The Morgan fingerprint density at radius 2 is 0.267 bits per heavy atom.